The molecule has 6 nitrogen and oxygen atoms in total. The first-order chi connectivity index (χ1) is 15.0. The van der Waals surface area contributed by atoms with E-state index in [9.17, 15) is 9.59 Å². The molecule has 0 unspecified atom stereocenters. The number of nitrogens with zero attached hydrogens (tertiary/aromatic N) is 2. The first kappa shape index (κ1) is 22.1. The number of carbonyl (C=O) groups excluding carboxylic acids is 2. The minimum Gasteiger partial charge on any atom is -0.352 e. The van der Waals surface area contributed by atoms with E-state index in [-0.39, 0.29) is 17.4 Å². The molecule has 1 aliphatic heterocycles. The number of urea groups is 1. The summed E-state index contributed by atoms with van der Waals surface area (Å²) in [6, 6.07) is 11.0. The summed E-state index contributed by atoms with van der Waals surface area (Å²) in [5.41, 5.74) is 1.44. The lowest BCUT2D eigenvalue weighted by atomic mass is 9.64. The zero-order valence-corrected chi connectivity index (χ0v) is 18.9. The summed E-state index contributed by atoms with van der Waals surface area (Å²) < 4.78 is 0. The molecule has 0 aromatic heterocycles. The van der Waals surface area contributed by atoms with Crippen molar-refractivity contribution >= 4 is 11.9 Å². The van der Waals surface area contributed by atoms with E-state index in [1.807, 2.05) is 11.0 Å². The van der Waals surface area contributed by atoms with Crippen LogP contribution in [0.1, 0.15) is 57.4 Å². The van der Waals surface area contributed by atoms with Crippen molar-refractivity contribution in [2.45, 2.75) is 63.3 Å². The third-order valence-electron chi connectivity index (χ3n) is 7.68. The van der Waals surface area contributed by atoms with E-state index in [0.29, 0.717) is 32.2 Å². The van der Waals surface area contributed by atoms with Gasteiger partial charge in [-0.1, -0.05) is 43.7 Å². The average Bonchev–Trinajstić information content (AvgIpc) is 2.76. The normalized spacial score (nSPS) is 26.0. The standard InChI is InChI=1S/C25H38N4O2/c1-20-8-10-22(11-9-20)27-23(30)18-28-14-16-29(17-15-28)24(31)26-19-25(12-5-13-25)21-6-3-2-4-7-21/h2-4,6-7,20,22H,5,8-19H2,1H3,(H,26,31)(H,27,30). The minimum atomic E-state index is 0.0302. The predicted octanol–water partition coefficient (Wildman–Crippen LogP) is 3.13. The molecular weight excluding hydrogens is 388 g/mol. The lowest BCUT2D eigenvalue weighted by molar-refractivity contribution is -0.123. The van der Waals surface area contributed by atoms with Crippen molar-refractivity contribution in [2.24, 2.45) is 5.92 Å². The number of hydrogen-bond acceptors (Lipinski definition) is 3. The van der Waals surface area contributed by atoms with Crippen molar-refractivity contribution in [1.82, 2.24) is 20.4 Å². The first-order valence-corrected chi connectivity index (χ1v) is 12.1. The van der Waals surface area contributed by atoms with Gasteiger partial charge in [0.05, 0.1) is 6.54 Å². The van der Waals surface area contributed by atoms with E-state index in [1.165, 1.54) is 24.8 Å². The number of nitrogens with one attached hydrogen (secondary N) is 2. The average molecular weight is 427 g/mol. The van der Waals surface area contributed by atoms with Gasteiger partial charge in [0.2, 0.25) is 5.91 Å². The number of piperazine rings is 1. The number of amides is 3. The highest BCUT2D eigenvalue weighted by Gasteiger charge is 2.39. The van der Waals surface area contributed by atoms with Gasteiger partial charge in [-0.3, -0.25) is 9.69 Å². The highest BCUT2D eigenvalue weighted by Crippen LogP contribution is 2.43. The molecule has 1 aromatic carbocycles. The molecule has 0 atom stereocenters. The van der Waals surface area contributed by atoms with E-state index < -0.39 is 0 Å². The van der Waals surface area contributed by atoms with Crippen LogP contribution < -0.4 is 10.6 Å². The van der Waals surface area contributed by atoms with E-state index in [4.69, 9.17) is 0 Å². The fraction of sp³-hybridized carbons (Fsp3) is 0.680. The molecule has 0 bridgehead atoms. The zero-order valence-electron chi connectivity index (χ0n) is 18.9. The molecule has 0 radical (unpaired) electrons. The van der Waals surface area contributed by atoms with Gasteiger partial charge in [0.1, 0.15) is 0 Å². The molecule has 4 rings (SSSR count). The summed E-state index contributed by atoms with van der Waals surface area (Å²) in [7, 11) is 0. The number of benzene rings is 1. The summed E-state index contributed by atoms with van der Waals surface area (Å²) in [5, 5.41) is 6.41. The Balaban J connectivity index is 1.17. The highest BCUT2D eigenvalue weighted by atomic mass is 16.2. The van der Waals surface area contributed by atoms with Gasteiger partial charge in [0, 0.05) is 44.2 Å². The molecule has 0 spiro atoms. The molecule has 1 heterocycles. The van der Waals surface area contributed by atoms with Crippen molar-refractivity contribution < 1.29 is 9.59 Å². The maximum Gasteiger partial charge on any atom is 0.317 e. The lowest BCUT2D eigenvalue weighted by Crippen LogP contribution is -2.55. The first-order valence-electron chi connectivity index (χ1n) is 12.1. The number of carbonyl (C=O) groups is 2. The molecule has 1 aromatic rings. The molecular formula is C25H38N4O2. The molecule has 3 aliphatic rings. The van der Waals surface area contributed by atoms with Crippen LogP contribution in [-0.4, -0.2) is 67.0 Å². The quantitative estimate of drug-likeness (QED) is 0.735. The van der Waals surface area contributed by atoms with E-state index in [0.717, 1.165) is 44.7 Å². The van der Waals surface area contributed by atoms with Gasteiger partial charge in [0.25, 0.3) is 0 Å². The third kappa shape index (κ3) is 5.59. The molecule has 2 N–H and O–H groups in total. The van der Waals surface area contributed by atoms with Gasteiger partial charge in [0.15, 0.2) is 0 Å². The van der Waals surface area contributed by atoms with Gasteiger partial charge in [-0.25, -0.2) is 4.79 Å². The van der Waals surface area contributed by atoms with Crippen molar-refractivity contribution in [3.63, 3.8) is 0 Å². The second-order valence-corrected chi connectivity index (χ2v) is 9.95. The van der Waals surface area contributed by atoms with Crippen LogP contribution in [0.3, 0.4) is 0 Å². The Morgan fingerprint density at radius 3 is 2.29 bits per heavy atom. The van der Waals surface area contributed by atoms with Crippen LogP contribution in [0, 0.1) is 5.92 Å². The zero-order chi connectivity index (χ0) is 21.7. The third-order valence-corrected chi connectivity index (χ3v) is 7.68. The van der Waals surface area contributed by atoms with Gasteiger partial charge < -0.3 is 15.5 Å². The molecule has 31 heavy (non-hydrogen) atoms. The van der Waals surface area contributed by atoms with E-state index in [2.05, 4.69) is 46.7 Å². The maximum atomic E-state index is 12.8. The second kappa shape index (κ2) is 10.0. The monoisotopic (exact) mass is 426 g/mol. The Hall–Kier alpha value is -2.08. The van der Waals surface area contributed by atoms with E-state index >= 15 is 0 Å². The minimum absolute atomic E-state index is 0.0302. The van der Waals surface area contributed by atoms with Crippen LogP contribution >= 0.6 is 0 Å². The Morgan fingerprint density at radius 1 is 1.00 bits per heavy atom. The number of hydrogen-bond donors (Lipinski definition) is 2. The molecule has 2 aliphatic carbocycles. The Kier molecular flexibility index (Phi) is 7.16. The Bertz CT molecular complexity index is 733. The summed E-state index contributed by atoms with van der Waals surface area (Å²) in [4.78, 5) is 29.2. The van der Waals surface area contributed by atoms with Gasteiger partial charge in [-0.15, -0.1) is 0 Å². The Morgan fingerprint density at radius 2 is 1.68 bits per heavy atom. The maximum absolute atomic E-state index is 12.8. The predicted molar refractivity (Wildman–Crippen MR) is 123 cm³/mol. The molecule has 6 heteroatoms. The van der Waals surface area contributed by atoms with Crippen molar-refractivity contribution in [1.29, 1.82) is 0 Å². The summed E-state index contributed by atoms with van der Waals surface area (Å²) in [6.45, 7) is 6.31. The fourth-order valence-corrected chi connectivity index (χ4v) is 5.31. The van der Waals surface area contributed by atoms with Crippen LogP contribution in [-0.2, 0) is 10.2 Å². The Labute approximate surface area is 186 Å². The smallest absolute Gasteiger partial charge is 0.317 e. The van der Waals surface area contributed by atoms with Crippen LogP contribution in [0.4, 0.5) is 4.79 Å². The van der Waals surface area contributed by atoms with Gasteiger partial charge in [-0.05, 0) is 50.0 Å². The van der Waals surface area contributed by atoms with Crippen molar-refractivity contribution in [3.8, 4) is 0 Å². The summed E-state index contributed by atoms with van der Waals surface area (Å²) in [6.07, 6.45) is 8.14. The SMILES string of the molecule is CC1CCC(NC(=O)CN2CCN(C(=O)NCC3(c4ccccc4)CCC3)CC2)CC1. The molecule has 3 fully saturated rings. The van der Waals surface area contributed by atoms with Crippen LogP contribution in [0.5, 0.6) is 0 Å². The number of rotatable bonds is 6. The largest absolute Gasteiger partial charge is 0.352 e. The van der Waals surface area contributed by atoms with Crippen molar-refractivity contribution in [3.05, 3.63) is 35.9 Å². The van der Waals surface area contributed by atoms with Crippen LogP contribution in [0.25, 0.3) is 0 Å². The topological polar surface area (TPSA) is 64.7 Å². The highest BCUT2D eigenvalue weighted by molar-refractivity contribution is 5.78. The lowest BCUT2D eigenvalue weighted by Gasteiger charge is -2.43. The van der Waals surface area contributed by atoms with E-state index in [1.54, 1.807) is 0 Å². The molecule has 2 saturated carbocycles. The molecule has 1 saturated heterocycles. The molecule has 170 valence electrons. The fourth-order valence-electron chi connectivity index (χ4n) is 5.31. The van der Waals surface area contributed by atoms with Gasteiger partial charge in [-0.2, -0.15) is 0 Å². The second-order valence-electron chi connectivity index (χ2n) is 9.95. The van der Waals surface area contributed by atoms with Gasteiger partial charge >= 0.3 is 6.03 Å². The summed E-state index contributed by atoms with van der Waals surface area (Å²) in [5.74, 6) is 0.923. The van der Waals surface area contributed by atoms with Crippen LogP contribution in [0.2, 0.25) is 0 Å². The van der Waals surface area contributed by atoms with Crippen LogP contribution in [0.15, 0.2) is 30.3 Å². The van der Waals surface area contributed by atoms with Crippen molar-refractivity contribution in [2.75, 3.05) is 39.3 Å². The summed E-state index contributed by atoms with van der Waals surface area (Å²) >= 11 is 0. The molecule has 3 amide bonds.